The number of nitrogens with zero attached hydrogens (tertiary/aromatic N) is 1. The Kier molecular flexibility index (Phi) is 6.36. The highest BCUT2D eigenvalue weighted by Crippen LogP contribution is 2.26. The van der Waals surface area contributed by atoms with E-state index in [0.29, 0.717) is 18.1 Å². The van der Waals surface area contributed by atoms with Gasteiger partial charge in [0.15, 0.2) is 0 Å². The Bertz CT molecular complexity index is 275. The average Bonchev–Trinajstić information content (AvgIpc) is 2.27. The molecule has 1 aliphatic carbocycles. The quantitative estimate of drug-likeness (QED) is 0.617. The fourth-order valence-electron chi connectivity index (χ4n) is 2.55. The molecule has 1 atom stereocenters. The summed E-state index contributed by atoms with van der Waals surface area (Å²) in [6.45, 7) is 8.94. The Morgan fingerprint density at radius 2 is 2.28 bits per heavy atom. The lowest BCUT2D eigenvalue weighted by Crippen LogP contribution is -2.55. The van der Waals surface area contributed by atoms with E-state index in [4.69, 9.17) is 5.11 Å². The van der Waals surface area contributed by atoms with Crippen molar-refractivity contribution in [3.8, 4) is 0 Å². The van der Waals surface area contributed by atoms with Crippen LogP contribution in [0.5, 0.6) is 0 Å². The molecule has 104 valence electrons. The summed E-state index contributed by atoms with van der Waals surface area (Å²) < 4.78 is 0. The first-order valence-electron chi connectivity index (χ1n) is 6.89. The van der Waals surface area contributed by atoms with E-state index < -0.39 is 5.97 Å². The molecule has 2 N–H and O–H groups in total. The Hall–Kier alpha value is -0.870. The fraction of sp³-hybridized carbons (Fsp3) is 0.786. The fourth-order valence-corrected chi connectivity index (χ4v) is 2.55. The molecular weight excluding hydrogens is 228 g/mol. The van der Waals surface area contributed by atoms with Crippen molar-refractivity contribution in [3.05, 3.63) is 12.7 Å². The molecule has 0 bridgehead atoms. The molecule has 0 saturated heterocycles. The molecule has 4 nitrogen and oxygen atoms in total. The summed E-state index contributed by atoms with van der Waals surface area (Å²) in [6, 6.07) is 1.51. The van der Waals surface area contributed by atoms with Gasteiger partial charge in [-0.05, 0) is 39.2 Å². The maximum atomic E-state index is 10.7. The molecule has 0 amide bonds. The van der Waals surface area contributed by atoms with Crippen LogP contribution in [0.15, 0.2) is 12.7 Å². The van der Waals surface area contributed by atoms with E-state index in [1.54, 1.807) is 0 Å². The van der Waals surface area contributed by atoms with Crippen LogP contribution in [0.4, 0.5) is 0 Å². The molecule has 1 unspecified atom stereocenters. The molecule has 0 aromatic carbocycles. The summed E-state index contributed by atoms with van der Waals surface area (Å²) >= 11 is 0. The molecule has 0 aromatic heterocycles. The van der Waals surface area contributed by atoms with Crippen molar-refractivity contribution in [2.24, 2.45) is 0 Å². The van der Waals surface area contributed by atoms with Gasteiger partial charge in [-0.2, -0.15) is 0 Å². The molecule has 1 rings (SSSR count). The predicted octanol–water partition coefficient (Wildman–Crippen LogP) is 1.87. The lowest BCUT2D eigenvalue weighted by atomic mass is 9.84. The van der Waals surface area contributed by atoms with Gasteiger partial charge in [0, 0.05) is 18.1 Å². The normalized spacial score (nSPS) is 24.6. The summed E-state index contributed by atoms with van der Waals surface area (Å²) in [5.74, 6) is -0.729. The standard InChI is InChI=1S/C14H26N2O2/c1-4-6-7-11(3)15-12-8-13(9-12)16(5-2)10-14(17)18/h4,11-13,15H,1,5-10H2,2-3H3,(H,17,18). The minimum Gasteiger partial charge on any atom is -0.480 e. The van der Waals surface area contributed by atoms with Crippen LogP contribution in [-0.2, 0) is 4.79 Å². The first kappa shape index (κ1) is 15.2. The van der Waals surface area contributed by atoms with Gasteiger partial charge in [0.1, 0.15) is 0 Å². The van der Waals surface area contributed by atoms with E-state index >= 15 is 0 Å². The first-order valence-corrected chi connectivity index (χ1v) is 6.89. The van der Waals surface area contributed by atoms with Crippen molar-refractivity contribution in [1.82, 2.24) is 10.2 Å². The average molecular weight is 254 g/mol. The van der Waals surface area contributed by atoms with Gasteiger partial charge in [-0.1, -0.05) is 13.0 Å². The molecule has 18 heavy (non-hydrogen) atoms. The molecule has 1 aliphatic rings. The Morgan fingerprint density at radius 3 is 2.78 bits per heavy atom. The van der Waals surface area contributed by atoms with Gasteiger partial charge < -0.3 is 10.4 Å². The molecule has 0 aromatic rings. The minimum atomic E-state index is -0.729. The number of carboxylic acids is 1. The van der Waals surface area contributed by atoms with Gasteiger partial charge in [-0.25, -0.2) is 0 Å². The molecular formula is C14H26N2O2. The van der Waals surface area contributed by atoms with Crippen LogP contribution in [0.2, 0.25) is 0 Å². The minimum absolute atomic E-state index is 0.167. The zero-order chi connectivity index (χ0) is 13.5. The third-order valence-electron chi connectivity index (χ3n) is 3.70. The number of carbonyl (C=O) groups is 1. The number of hydrogen-bond acceptors (Lipinski definition) is 3. The highest BCUT2D eigenvalue weighted by molar-refractivity contribution is 5.69. The second kappa shape index (κ2) is 7.54. The molecule has 0 aliphatic heterocycles. The maximum absolute atomic E-state index is 10.7. The Morgan fingerprint density at radius 1 is 1.61 bits per heavy atom. The van der Waals surface area contributed by atoms with Crippen molar-refractivity contribution in [1.29, 1.82) is 0 Å². The topological polar surface area (TPSA) is 52.6 Å². The smallest absolute Gasteiger partial charge is 0.317 e. The van der Waals surface area contributed by atoms with Gasteiger partial charge in [0.05, 0.1) is 6.54 Å². The van der Waals surface area contributed by atoms with Crippen molar-refractivity contribution in [2.75, 3.05) is 13.1 Å². The number of carboxylic acid groups (broad SMARTS) is 1. The summed E-state index contributed by atoms with van der Waals surface area (Å²) in [5, 5.41) is 12.4. The number of hydrogen-bond donors (Lipinski definition) is 2. The SMILES string of the molecule is C=CCCC(C)NC1CC(N(CC)CC(=O)O)C1. The van der Waals surface area contributed by atoms with Crippen LogP contribution in [0.1, 0.15) is 39.5 Å². The van der Waals surface area contributed by atoms with Gasteiger partial charge in [-0.15, -0.1) is 6.58 Å². The van der Waals surface area contributed by atoms with Crippen molar-refractivity contribution >= 4 is 5.97 Å². The first-order chi connectivity index (χ1) is 8.56. The number of likely N-dealkylation sites (N-methyl/N-ethyl adjacent to an activating group) is 1. The number of aliphatic carboxylic acids is 1. The van der Waals surface area contributed by atoms with Crippen molar-refractivity contribution in [3.63, 3.8) is 0 Å². The summed E-state index contributed by atoms with van der Waals surface area (Å²) in [6.07, 6.45) is 6.26. The number of rotatable bonds is 9. The van der Waals surface area contributed by atoms with Gasteiger partial charge in [-0.3, -0.25) is 9.69 Å². The van der Waals surface area contributed by atoms with E-state index in [0.717, 1.165) is 32.2 Å². The monoisotopic (exact) mass is 254 g/mol. The van der Waals surface area contributed by atoms with Gasteiger partial charge in [0.25, 0.3) is 0 Å². The summed E-state index contributed by atoms with van der Waals surface area (Å²) in [7, 11) is 0. The lowest BCUT2D eigenvalue weighted by Gasteiger charge is -2.43. The molecule has 1 fully saturated rings. The van der Waals surface area contributed by atoms with E-state index in [9.17, 15) is 4.79 Å². The van der Waals surface area contributed by atoms with Crippen molar-refractivity contribution < 1.29 is 9.90 Å². The summed E-state index contributed by atoms with van der Waals surface area (Å²) in [4.78, 5) is 12.8. The molecule has 4 heteroatoms. The maximum Gasteiger partial charge on any atom is 0.317 e. The Labute approximate surface area is 110 Å². The van der Waals surface area contributed by atoms with Crippen LogP contribution in [0, 0.1) is 0 Å². The molecule has 1 saturated carbocycles. The van der Waals surface area contributed by atoms with Crippen molar-refractivity contribution in [2.45, 2.75) is 57.7 Å². The van der Waals surface area contributed by atoms with Crippen LogP contribution in [0.3, 0.4) is 0 Å². The van der Waals surface area contributed by atoms with E-state index in [1.165, 1.54) is 0 Å². The van der Waals surface area contributed by atoms with Crippen LogP contribution >= 0.6 is 0 Å². The molecule has 0 spiro atoms. The zero-order valence-corrected chi connectivity index (χ0v) is 11.6. The van der Waals surface area contributed by atoms with E-state index in [1.807, 2.05) is 13.0 Å². The summed E-state index contributed by atoms with van der Waals surface area (Å²) in [5.41, 5.74) is 0. The highest BCUT2D eigenvalue weighted by atomic mass is 16.4. The largest absolute Gasteiger partial charge is 0.480 e. The van der Waals surface area contributed by atoms with E-state index in [-0.39, 0.29) is 6.54 Å². The third-order valence-corrected chi connectivity index (χ3v) is 3.70. The zero-order valence-electron chi connectivity index (χ0n) is 11.6. The van der Waals surface area contributed by atoms with Crippen LogP contribution < -0.4 is 5.32 Å². The predicted molar refractivity (Wildman–Crippen MR) is 73.7 cm³/mol. The highest BCUT2D eigenvalue weighted by Gasteiger charge is 2.33. The molecule has 0 radical (unpaired) electrons. The Balaban J connectivity index is 2.21. The third kappa shape index (κ3) is 4.78. The second-order valence-electron chi connectivity index (χ2n) is 5.21. The van der Waals surface area contributed by atoms with Gasteiger partial charge >= 0.3 is 5.97 Å². The number of allylic oxidation sites excluding steroid dienone is 1. The van der Waals surface area contributed by atoms with Crippen LogP contribution in [0.25, 0.3) is 0 Å². The van der Waals surface area contributed by atoms with Gasteiger partial charge in [0.2, 0.25) is 0 Å². The second-order valence-corrected chi connectivity index (χ2v) is 5.21. The number of nitrogens with one attached hydrogen (secondary N) is 1. The van der Waals surface area contributed by atoms with E-state index in [2.05, 4.69) is 23.7 Å². The lowest BCUT2D eigenvalue weighted by molar-refractivity contribution is -0.139. The van der Waals surface area contributed by atoms with Crippen LogP contribution in [-0.4, -0.2) is 47.2 Å². The molecule has 0 heterocycles.